The van der Waals surface area contributed by atoms with E-state index in [1.54, 1.807) is 19.3 Å². The zero-order valence-electron chi connectivity index (χ0n) is 20.6. The molecule has 1 unspecified atom stereocenters. The van der Waals surface area contributed by atoms with Crippen LogP contribution in [0.4, 0.5) is 5.69 Å². The molecule has 0 saturated carbocycles. The van der Waals surface area contributed by atoms with Gasteiger partial charge >= 0.3 is 5.97 Å². The Balaban J connectivity index is 1.56. The van der Waals surface area contributed by atoms with Crippen molar-refractivity contribution >= 4 is 17.4 Å². The van der Waals surface area contributed by atoms with Crippen LogP contribution in [-0.2, 0) is 16.6 Å². The number of benzene rings is 2. The standard InChI is InChI=1S/C29H32N2O4/c1-20-6-4-5-7-25(20)26(18-27(32)23-10-13-28(33)30(2)19-23)21-8-11-24(12-9-21)31-16-14-22(15-17-31)29(34)35-3/h4-13,19,22,26H,14-18H2,1-3H3. The number of hydrogen-bond donors (Lipinski definition) is 0. The number of Topliss-reactive ketones (excluding diaryl/α,β-unsaturated/α-hetero) is 1. The van der Waals surface area contributed by atoms with Gasteiger partial charge in [-0.1, -0.05) is 36.4 Å². The number of ether oxygens (including phenoxy) is 1. The number of methoxy groups -OCH3 is 1. The molecular weight excluding hydrogens is 440 g/mol. The lowest BCUT2D eigenvalue weighted by atomic mass is 9.84. The number of hydrogen-bond acceptors (Lipinski definition) is 5. The van der Waals surface area contributed by atoms with Crippen molar-refractivity contribution in [3.8, 4) is 0 Å². The lowest BCUT2D eigenvalue weighted by Gasteiger charge is -2.32. The van der Waals surface area contributed by atoms with Gasteiger partial charge in [0, 0.05) is 56.0 Å². The number of aryl methyl sites for hydroxylation is 2. The molecule has 2 heterocycles. The summed E-state index contributed by atoms with van der Waals surface area (Å²) in [4.78, 5) is 39.1. The maximum absolute atomic E-state index is 13.2. The summed E-state index contributed by atoms with van der Waals surface area (Å²) in [7, 11) is 3.10. The summed E-state index contributed by atoms with van der Waals surface area (Å²) in [5.74, 6) is -0.239. The maximum Gasteiger partial charge on any atom is 0.308 e. The number of carbonyl (C=O) groups is 2. The molecule has 1 atom stereocenters. The Kier molecular flexibility index (Phi) is 7.49. The maximum atomic E-state index is 13.2. The largest absolute Gasteiger partial charge is 0.469 e. The Bertz CT molecular complexity index is 1250. The van der Waals surface area contributed by atoms with E-state index in [-0.39, 0.29) is 29.1 Å². The number of pyridine rings is 1. The number of ketones is 1. The van der Waals surface area contributed by atoms with Crippen molar-refractivity contribution in [3.05, 3.63) is 99.5 Å². The van der Waals surface area contributed by atoms with Crippen molar-refractivity contribution < 1.29 is 14.3 Å². The van der Waals surface area contributed by atoms with Crippen LogP contribution in [0.15, 0.2) is 71.7 Å². The Hall–Kier alpha value is -3.67. The van der Waals surface area contributed by atoms with Crippen LogP contribution in [-0.4, -0.2) is 36.5 Å². The van der Waals surface area contributed by atoms with Crippen LogP contribution >= 0.6 is 0 Å². The minimum Gasteiger partial charge on any atom is -0.469 e. The third-order valence-corrected chi connectivity index (χ3v) is 7.05. The molecule has 3 aromatic rings. The van der Waals surface area contributed by atoms with Crippen molar-refractivity contribution in [2.45, 2.75) is 32.1 Å². The molecule has 1 aliphatic heterocycles. The topological polar surface area (TPSA) is 68.6 Å². The average Bonchev–Trinajstić information content (AvgIpc) is 2.89. The average molecular weight is 473 g/mol. The fourth-order valence-electron chi connectivity index (χ4n) is 4.90. The van der Waals surface area contributed by atoms with Crippen LogP contribution in [0, 0.1) is 12.8 Å². The number of anilines is 1. The van der Waals surface area contributed by atoms with Gasteiger partial charge in [-0.2, -0.15) is 0 Å². The number of aromatic nitrogens is 1. The van der Waals surface area contributed by atoms with Crippen LogP contribution in [0.3, 0.4) is 0 Å². The van der Waals surface area contributed by atoms with Crippen molar-refractivity contribution in [2.24, 2.45) is 13.0 Å². The van der Waals surface area contributed by atoms with Crippen LogP contribution in [0.5, 0.6) is 0 Å². The monoisotopic (exact) mass is 472 g/mol. The summed E-state index contributed by atoms with van der Waals surface area (Å²) < 4.78 is 6.34. The molecule has 0 amide bonds. The molecular formula is C29H32N2O4. The van der Waals surface area contributed by atoms with E-state index in [2.05, 4.69) is 48.2 Å². The number of piperidine rings is 1. The molecule has 1 aliphatic rings. The Morgan fingerprint density at radius 1 is 1.00 bits per heavy atom. The number of carbonyl (C=O) groups excluding carboxylic acids is 2. The second kappa shape index (κ2) is 10.7. The van der Waals surface area contributed by atoms with Crippen LogP contribution in [0.1, 0.15) is 52.2 Å². The molecule has 0 N–H and O–H groups in total. The molecule has 0 spiro atoms. The molecule has 6 heteroatoms. The molecule has 4 rings (SSSR count). The van der Waals surface area contributed by atoms with Crippen LogP contribution in [0.2, 0.25) is 0 Å². The Labute approximate surface area is 206 Å². The van der Waals surface area contributed by atoms with E-state index in [0.717, 1.165) is 48.3 Å². The first kappa shape index (κ1) is 24.5. The van der Waals surface area contributed by atoms with E-state index in [4.69, 9.17) is 4.74 Å². The normalized spacial score (nSPS) is 15.0. The van der Waals surface area contributed by atoms with Gasteiger partial charge in [0.25, 0.3) is 0 Å². The molecule has 1 fully saturated rings. The summed E-state index contributed by atoms with van der Waals surface area (Å²) in [6, 6.07) is 19.6. The highest BCUT2D eigenvalue weighted by molar-refractivity contribution is 5.96. The first-order valence-electron chi connectivity index (χ1n) is 12.1. The predicted octanol–water partition coefficient (Wildman–Crippen LogP) is 4.49. The van der Waals surface area contributed by atoms with E-state index >= 15 is 0 Å². The fourth-order valence-corrected chi connectivity index (χ4v) is 4.90. The van der Waals surface area contributed by atoms with Gasteiger partial charge < -0.3 is 14.2 Å². The summed E-state index contributed by atoms with van der Waals surface area (Å²) in [6.45, 7) is 3.69. The molecule has 35 heavy (non-hydrogen) atoms. The van der Waals surface area contributed by atoms with E-state index in [0.29, 0.717) is 12.0 Å². The first-order valence-corrected chi connectivity index (χ1v) is 12.1. The lowest BCUT2D eigenvalue weighted by Crippen LogP contribution is -2.36. The molecule has 2 aromatic carbocycles. The van der Waals surface area contributed by atoms with Gasteiger partial charge in [0.15, 0.2) is 5.78 Å². The smallest absolute Gasteiger partial charge is 0.308 e. The van der Waals surface area contributed by atoms with Gasteiger partial charge in [-0.15, -0.1) is 0 Å². The van der Waals surface area contributed by atoms with Crippen molar-refractivity contribution in [1.29, 1.82) is 0 Å². The number of rotatable bonds is 7. The third kappa shape index (κ3) is 5.53. The van der Waals surface area contributed by atoms with E-state index in [9.17, 15) is 14.4 Å². The minimum absolute atomic E-state index is 0.00260. The number of nitrogens with zero attached hydrogens (tertiary/aromatic N) is 2. The van der Waals surface area contributed by atoms with Crippen molar-refractivity contribution in [1.82, 2.24) is 4.57 Å². The molecule has 0 bridgehead atoms. The van der Waals surface area contributed by atoms with E-state index < -0.39 is 0 Å². The van der Waals surface area contributed by atoms with Gasteiger partial charge in [-0.3, -0.25) is 14.4 Å². The van der Waals surface area contributed by atoms with Gasteiger partial charge in [0.2, 0.25) is 5.56 Å². The van der Waals surface area contributed by atoms with Crippen molar-refractivity contribution in [2.75, 3.05) is 25.1 Å². The minimum atomic E-state index is -0.136. The molecule has 0 radical (unpaired) electrons. The fraction of sp³-hybridized carbons (Fsp3) is 0.345. The summed E-state index contributed by atoms with van der Waals surface area (Å²) in [5.41, 5.74) is 4.85. The molecule has 1 aromatic heterocycles. The van der Waals surface area contributed by atoms with Crippen LogP contribution in [0.25, 0.3) is 0 Å². The van der Waals surface area contributed by atoms with Gasteiger partial charge in [0.1, 0.15) is 0 Å². The van der Waals surface area contributed by atoms with E-state index in [1.807, 2.05) is 12.1 Å². The zero-order valence-corrected chi connectivity index (χ0v) is 20.6. The SMILES string of the molecule is COC(=O)C1CCN(c2ccc(C(CC(=O)c3ccc(=O)n(C)c3)c3ccccc3C)cc2)CC1. The highest BCUT2D eigenvalue weighted by Gasteiger charge is 2.26. The molecule has 182 valence electrons. The summed E-state index contributed by atoms with van der Waals surface area (Å²) >= 11 is 0. The van der Waals surface area contributed by atoms with Gasteiger partial charge in [-0.05, 0) is 54.7 Å². The van der Waals surface area contributed by atoms with Crippen molar-refractivity contribution in [3.63, 3.8) is 0 Å². The van der Waals surface area contributed by atoms with E-state index in [1.165, 1.54) is 17.7 Å². The first-order chi connectivity index (χ1) is 16.9. The summed E-state index contributed by atoms with van der Waals surface area (Å²) in [5, 5.41) is 0. The zero-order chi connectivity index (χ0) is 24.9. The highest BCUT2D eigenvalue weighted by Crippen LogP contribution is 2.33. The Morgan fingerprint density at radius 3 is 2.31 bits per heavy atom. The summed E-state index contributed by atoms with van der Waals surface area (Å²) in [6.07, 6.45) is 3.50. The van der Waals surface area contributed by atoms with Gasteiger partial charge in [0.05, 0.1) is 13.0 Å². The quantitative estimate of drug-likeness (QED) is 0.374. The molecule has 0 aliphatic carbocycles. The predicted molar refractivity (Wildman–Crippen MR) is 137 cm³/mol. The Morgan fingerprint density at radius 2 is 1.69 bits per heavy atom. The molecule has 1 saturated heterocycles. The van der Waals surface area contributed by atoms with Gasteiger partial charge in [-0.25, -0.2) is 0 Å². The second-order valence-corrected chi connectivity index (χ2v) is 9.28. The highest BCUT2D eigenvalue weighted by atomic mass is 16.5. The third-order valence-electron chi connectivity index (χ3n) is 7.05. The molecule has 6 nitrogen and oxygen atoms in total. The number of esters is 1. The lowest BCUT2D eigenvalue weighted by molar-refractivity contribution is -0.146. The van der Waals surface area contributed by atoms with Crippen LogP contribution < -0.4 is 10.5 Å². The second-order valence-electron chi connectivity index (χ2n) is 9.28.